The molecule has 9 heteroatoms. The van der Waals surface area contributed by atoms with E-state index in [9.17, 15) is 14.4 Å². The first-order valence-corrected chi connectivity index (χ1v) is 11.3. The highest BCUT2D eigenvalue weighted by Gasteiger charge is 2.25. The summed E-state index contributed by atoms with van der Waals surface area (Å²) >= 11 is 1.22. The summed E-state index contributed by atoms with van der Waals surface area (Å²) < 4.78 is 11.0. The summed E-state index contributed by atoms with van der Waals surface area (Å²) in [6, 6.07) is 6.97. The number of rotatable bonds is 6. The molecule has 0 aliphatic carbocycles. The van der Waals surface area contributed by atoms with Crippen molar-refractivity contribution in [3.8, 4) is 11.5 Å². The van der Waals surface area contributed by atoms with Gasteiger partial charge in [-0.15, -0.1) is 11.3 Å². The largest absolute Gasteiger partial charge is 0.486 e. The fourth-order valence-electron chi connectivity index (χ4n) is 3.02. The lowest BCUT2D eigenvalue weighted by atomic mass is 9.96. The number of hydrogen-bond donors (Lipinski definition) is 2. The SMILES string of the molecule is CCN(CC(=O)Nc1ccc2c(c1)OCCO2)C(=O)c1sc(NC(=O)C(C)(C)C)cc1C. The van der Waals surface area contributed by atoms with Gasteiger partial charge >= 0.3 is 0 Å². The average Bonchev–Trinajstić information content (AvgIpc) is 3.10. The zero-order valence-electron chi connectivity index (χ0n) is 19.0. The topological polar surface area (TPSA) is 97.0 Å². The van der Waals surface area contributed by atoms with E-state index in [-0.39, 0.29) is 24.3 Å². The number of anilines is 2. The Bertz CT molecular complexity index is 1030. The molecule has 1 aromatic carbocycles. The molecule has 1 aliphatic heterocycles. The van der Waals surface area contributed by atoms with E-state index >= 15 is 0 Å². The predicted octanol–water partition coefficient (Wildman–Crippen LogP) is 3.91. The molecule has 1 aliphatic rings. The van der Waals surface area contributed by atoms with Gasteiger partial charge in [-0.2, -0.15) is 0 Å². The van der Waals surface area contributed by atoms with Gasteiger partial charge in [-0.25, -0.2) is 0 Å². The van der Waals surface area contributed by atoms with Gasteiger partial charge in [0, 0.05) is 23.7 Å². The number of fused-ring (bicyclic) bond motifs is 1. The quantitative estimate of drug-likeness (QED) is 0.683. The van der Waals surface area contributed by atoms with Gasteiger partial charge in [-0.1, -0.05) is 20.8 Å². The molecule has 172 valence electrons. The van der Waals surface area contributed by atoms with Gasteiger partial charge in [0.1, 0.15) is 19.8 Å². The molecule has 0 saturated carbocycles. The molecule has 0 saturated heterocycles. The van der Waals surface area contributed by atoms with Crippen LogP contribution in [0.1, 0.15) is 42.9 Å². The number of carbonyl (C=O) groups is 3. The van der Waals surface area contributed by atoms with Crippen molar-refractivity contribution >= 4 is 39.7 Å². The first kappa shape index (κ1) is 23.6. The van der Waals surface area contributed by atoms with Crippen molar-refractivity contribution in [3.63, 3.8) is 0 Å². The van der Waals surface area contributed by atoms with Crippen LogP contribution in [0.3, 0.4) is 0 Å². The van der Waals surface area contributed by atoms with Gasteiger partial charge in [0.05, 0.1) is 9.88 Å². The monoisotopic (exact) mass is 459 g/mol. The van der Waals surface area contributed by atoms with Crippen LogP contribution in [0.5, 0.6) is 11.5 Å². The zero-order valence-corrected chi connectivity index (χ0v) is 19.9. The smallest absolute Gasteiger partial charge is 0.264 e. The molecule has 8 nitrogen and oxygen atoms in total. The number of thiophene rings is 1. The lowest BCUT2D eigenvalue weighted by molar-refractivity contribution is -0.123. The second-order valence-corrected chi connectivity index (χ2v) is 9.61. The van der Waals surface area contributed by atoms with E-state index in [1.54, 1.807) is 24.3 Å². The van der Waals surface area contributed by atoms with Crippen molar-refractivity contribution in [1.82, 2.24) is 4.90 Å². The number of nitrogens with zero attached hydrogens (tertiary/aromatic N) is 1. The molecule has 0 radical (unpaired) electrons. The van der Waals surface area contributed by atoms with Crippen LogP contribution >= 0.6 is 11.3 Å². The van der Waals surface area contributed by atoms with Crippen LogP contribution in [-0.2, 0) is 9.59 Å². The Balaban J connectivity index is 1.66. The number of ether oxygens (including phenoxy) is 2. The molecular weight excluding hydrogens is 430 g/mol. The summed E-state index contributed by atoms with van der Waals surface area (Å²) in [7, 11) is 0. The lowest BCUT2D eigenvalue weighted by Gasteiger charge is -2.21. The van der Waals surface area contributed by atoms with Crippen molar-refractivity contribution in [3.05, 3.63) is 34.7 Å². The maximum absolute atomic E-state index is 13.1. The second-order valence-electron chi connectivity index (χ2n) is 8.55. The lowest BCUT2D eigenvalue weighted by Crippen LogP contribution is -2.37. The molecule has 0 spiro atoms. The first-order chi connectivity index (χ1) is 15.1. The number of carbonyl (C=O) groups excluding carboxylic acids is 3. The number of likely N-dealkylation sites (N-methyl/N-ethyl adjacent to an activating group) is 1. The summed E-state index contributed by atoms with van der Waals surface area (Å²) in [5.74, 6) is 0.540. The summed E-state index contributed by atoms with van der Waals surface area (Å²) in [4.78, 5) is 39.9. The van der Waals surface area contributed by atoms with Gasteiger partial charge in [0.15, 0.2) is 11.5 Å². The van der Waals surface area contributed by atoms with E-state index in [2.05, 4.69) is 10.6 Å². The van der Waals surface area contributed by atoms with Crippen LogP contribution in [0.25, 0.3) is 0 Å². The van der Waals surface area contributed by atoms with Crippen LogP contribution in [0, 0.1) is 12.3 Å². The van der Waals surface area contributed by atoms with E-state index in [0.717, 1.165) is 5.56 Å². The van der Waals surface area contributed by atoms with Gasteiger partial charge in [0.2, 0.25) is 11.8 Å². The molecule has 1 aromatic heterocycles. The average molecular weight is 460 g/mol. The molecule has 32 heavy (non-hydrogen) atoms. The second kappa shape index (κ2) is 9.60. The Kier molecular flexibility index (Phi) is 7.08. The molecule has 0 unspecified atom stereocenters. The van der Waals surface area contributed by atoms with Gasteiger partial charge in [0.25, 0.3) is 5.91 Å². The third-order valence-electron chi connectivity index (χ3n) is 4.86. The summed E-state index contributed by atoms with van der Waals surface area (Å²) in [6.45, 7) is 10.4. The minimum absolute atomic E-state index is 0.0925. The Morgan fingerprint density at radius 1 is 1.06 bits per heavy atom. The Hall–Kier alpha value is -3.07. The standard InChI is InChI=1S/C23H29N3O5S/c1-6-26(13-18(27)24-15-7-8-16-17(12-15)31-10-9-30-16)21(28)20-14(2)11-19(32-20)25-22(29)23(3,4)5/h7-8,11-12H,6,9-10,13H2,1-5H3,(H,24,27)(H,25,29). The molecule has 0 atom stereocenters. The third kappa shape index (κ3) is 5.59. The van der Waals surface area contributed by atoms with Crippen molar-refractivity contribution in [2.75, 3.05) is 36.9 Å². The maximum atomic E-state index is 13.1. The number of benzene rings is 1. The summed E-state index contributed by atoms with van der Waals surface area (Å²) in [5.41, 5.74) is 0.792. The van der Waals surface area contributed by atoms with Crippen molar-refractivity contribution in [2.45, 2.75) is 34.6 Å². The molecule has 2 aromatic rings. The summed E-state index contributed by atoms with van der Waals surface area (Å²) in [5, 5.41) is 6.28. The fourth-order valence-corrected chi connectivity index (χ4v) is 4.06. The molecule has 3 rings (SSSR count). The van der Waals surface area contributed by atoms with Crippen molar-refractivity contribution < 1.29 is 23.9 Å². The highest BCUT2D eigenvalue weighted by molar-refractivity contribution is 7.18. The van der Waals surface area contributed by atoms with Gasteiger partial charge in [-0.3, -0.25) is 14.4 Å². The summed E-state index contributed by atoms with van der Waals surface area (Å²) in [6.07, 6.45) is 0. The Labute approximate surface area is 191 Å². The van der Waals surface area contributed by atoms with Crippen LogP contribution in [0.2, 0.25) is 0 Å². The van der Waals surface area contributed by atoms with E-state index in [1.807, 2.05) is 34.6 Å². The molecule has 0 bridgehead atoms. The first-order valence-electron chi connectivity index (χ1n) is 10.5. The minimum Gasteiger partial charge on any atom is -0.486 e. The Morgan fingerprint density at radius 2 is 1.75 bits per heavy atom. The zero-order chi connectivity index (χ0) is 23.5. The van der Waals surface area contributed by atoms with E-state index < -0.39 is 5.41 Å². The van der Waals surface area contributed by atoms with E-state index in [1.165, 1.54) is 16.2 Å². The number of hydrogen-bond acceptors (Lipinski definition) is 6. The molecule has 3 amide bonds. The van der Waals surface area contributed by atoms with Crippen LogP contribution < -0.4 is 20.1 Å². The third-order valence-corrected chi connectivity index (χ3v) is 6.00. The van der Waals surface area contributed by atoms with Crippen molar-refractivity contribution in [1.29, 1.82) is 0 Å². The highest BCUT2D eigenvalue weighted by Crippen LogP contribution is 2.33. The van der Waals surface area contributed by atoms with Gasteiger partial charge < -0.3 is 25.0 Å². The fraction of sp³-hybridized carbons (Fsp3) is 0.435. The van der Waals surface area contributed by atoms with Crippen LogP contribution in [-0.4, -0.2) is 48.9 Å². The Morgan fingerprint density at radius 3 is 2.41 bits per heavy atom. The number of aryl methyl sites for hydroxylation is 1. The minimum atomic E-state index is -0.538. The van der Waals surface area contributed by atoms with E-state index in [4.69, 9.17) is 9.47 Å². The van der Waals surface area contributed by atoms with Crippen molar-refractivity contribution in [2.24, 2.45) is 5.41 Å². The maximum Gasteiger partial charge on any atom is 0.264 e. The highest BCUT2D eigenvalue weighted by atomic mass is 32.1. The molecular formula is C23H29N3O5S. The van der Waals surface area contributed by atoms with E-state index in [0.29, 0.717) is 46.8 Å². The molecule has 2 heterocycles. The normalized spacial score (nSPS) is 12.8. The predicted molar refractivity (Wildman–Crippen MR) is 125 cm³/mol. The molecule has 2 N–H and O–H groups in total. The van der Waals surface area contributed by atoms with Gasteiger partial charge in [-0.05, 0) is 37.6 Å². The van der Waals surface area contributed by atoms with Crippen LogP contribution in [0.4, 0.5) is 10.7 Å². The number of amides is 3. The molecule has 0 fully saturated rings. The van der Waals surface area contributed by atoms with Crippen LogP contribution in [0.15, 0.2) is 24.3 Å². The number of nitrogens with one attached hydrogen (secondary N) is 2.